The van der Waals surface area contributed by atoms with Gasteiger partial charge in [0, 0.05) is 12.2 Å². The number of H-pyrrole nitrogens is 1. The number of hydrogen-bond donors (Lipinski definition) is 3. The van der Waals surface area contributed by atoms with Gasteiger partial charge in [0.1, 0.15) is 5.82 Å². The van der Waals surface area contributed by atoms with Crippen molar-refractivity contribution in [1.29, 1.82) is 5.41 Å². The molecule has 82 valence electrons. The van der Waals surface area contributed by atoms with Gasteiger partial charge in [-0.2, -0.15) is 0 Å². The lowest BCUT2D eigenvalue weighted by Gasteiger charge is -2.11. The van der Waals surface area contributed by atoms with Crippen molar-refractivity contribution in [2.24, 2.45) is 11.1 Å². The average molecular weight is 225 g/mol. The number of thioether (sulfide) groups is 1. The fraction of sp³-hybridized carbons (Fsp3) is 0.667. The topological polar surface area (TPSA) is 91.4 Å². The summed E-state index contributed by atoms with van der Waals surface area (Å²) in [4.78, 5) is 4.23. The minimum Gasteiger partial charge on any atom is -0.388 e. The molecule has 2 rings (SSSR count). The summed E-state index contributed by atoms with van der Waals surface area (Å²) in [7, 11) is 0. The van der Waals surface area contributed by atoms with Gasteiger partial charge in [-0.1, -0.05) is 11.8 Å². The molecule has 1 saturated carbocycles. The lowest BCUT2D eigenvalue weighted by molar-refractivity contribution is 0.611. The Kier molecular flexibility index (Phi) is 2.68. The third-order valence-corrected chi connectivity index (χ3v) is 3.80. The SMILES string of the molecule is Cc1nc(SCC2(CC(=N)N)CC2)n[nH]1. The predicted molar refractivity (Wildman–Crippen MR) is 60.0 cm³/mol. The second-order valence-corrected chi connectivity index (χ2v) is 5.14. The summed E-state index contributed by atoms with van der Waals surface area (Å²) in [5.41, 5.74) is 5.68. The number of aromatic nitrogens is 3. The molecule has 0 aliphatic heterocycles. The van der Waals surface area contributed by atoms with Crippen LogP contribution in [-0.2, 0) is 0 Å². The second-order valence-electron chi connectivity index (χ2n) is 4.19. The van der Waals surface area contributed by atoms with Crippen molar-refractivity contribution in [3.63, 3.8) is 0 Å². The number of rotatable bonds is 5. The Balaban J connectivity index is 1.85. The standard InChI is InChI=1S/C9H15N5S/c1-6-12-8(14-13-6)15-5-9(2-3-9)4-7(10)11/h2-5H2,1H3,(H3,10,11)(H,12,13,14). The Labute approximate surface area is 92.7 Å². The zero-order valence-corrected chi connectivity index (χ0v) is 9.52. The van der Waals surface area contributed by atoms with E-state index in [2.05, 4.69) is 15.2 Å². The number of aryl methyl sites for hydroxylation is 1. The van der Waals surface area contributed by atoms with Crippen LogP contribution in [0.15, 0.2) is 5.16 Å². The second kappa shape index (κ2) is 3.84. The highest BCUT2D eigenvalue weighted by Crippen LogP contribution is 2.51. The monoisotopic (exact) mass is 225 g/mol. The molecule has 0 unspecified atom stereocenters. The number of hydrogen-bond acceptors (Lipinski definition) is 4. The van der Waals surface area contributed by atoms with Gasteiger partial charge in [-0.05, 0) is 25.2 Å². The van der Waals surface area contributed by atoms with Crippen LogP contribution in [0, 0.1) is 17.7 Å². The van der Waals surface area contributed by atoms with Crippen LogP contribution in [0.2, 0.25) is 0 Å². The van der Waals surface area contributed by atoms with Crippen LogP contribution in [0.25, 0.3) is 0 Å². The van der Waals surface area contributed by atoms with Crippen molar-refractivity contribution < 1.29 is 0 Å². The molecule has 0 amide bonds. The molecule has 4 N–H and O–H groups in total. The van der Waals surface area contributed by atoms with Crippen molar-refractivity contribution in [2.45, 2.75) is 31.3 Å². The molecule has 1 aromatic rings. The zero-order chi connectivity index (χ0) is 10.9. The van der Waals surface area contributed by atoms with Crippen LogP contribution in [0.3, 0.4) is 0 Å². The van der Waals surface area contributed by atoms with E-state index in [0.29, 0.717) is 12.3 Å². The summed E-state index contributed by atoms with van der Waals surface area (Å²) in [5, 5.41) is 15.0. The number of amidine groups is 1. The van der Waals surface area contributed by atoms with E-state index in [9.17, 15) is 0 Å². The van der Waals surface area contributed by atoms with Crippen molar-refractivity contribution in [3.05, 3.63) is 5.82 Å². The van der Waals surface area contributed by atoms with Crippen LogP contribution >= 0.6 is 11.8 Å². The first-order valence-corrected chi connectivity index (χ1v) is 5.93. The highest BCUT2D eigenvalue weighted by molar-refractivity contribution is 7.99. The molecule has 0 atom stereocenters. The van der Waals surface area contributed by atoms with Crippen LogP contribution < -0.4 is 5.73 Å². The van der Waals surface area contributed by atoms with Gasteiger partial charge in [-0.25, -0.2) is 4.98 Å². The minimum absolute atomic E-state index is 0.255. The molecular weight excluding hydrogens is 210 g/mol. The maximum absolute atomic E-state index is 7.31. The molecule has 0 aromatic carbocycles. The molecule has 1 heterocycles. The van der Waals surface area contributed by atoms with Crippen molar-refractivity contribution in [2.75, 3.05) is 5.75 Å². The number of nitrogens with two attached hydrogens (primary N) is 1. The van der Waals surface area contributed by atoms with Gasteiger partial charge >= 0.3 is 0 Å². The van der Waals surface area contributed by atoms with Crippen LogP contribution in [0.1, 0.15) is 25.1 Å². The van der Waals surface area contributed by atoms with Gasteiger partial charge in [0.05, 0.1) is 5.84 Å². The normalized spacial score (nSPS) is 17.7. The molecule has 1 fully saturated rings. The van der Waals surface area contributed by atoms with Crippen molar-refractivity contribution >= 4 is 17.6 Å². The van der Waals surface area contributed by atoms with E-state index >= 15 is 0 Å². The van der Waals surface area contributed by atoms with Gasteiger partial charge < -0.3 is 5.73 Å². The summed E-state index contributed by atoms with van der Waals surface area (Å²) in [6.45, 7) is 1.89. The number of nitrogens with one attached hydrogen (secondary N) is 2. The molecule has 6 heteroatoms. The first-order chi connectivity index (χ1) is 7.10. The van der Waals surface area contributed by atoms with Gasteiger partial charge in [-0.15, -0.1) is 5.10 Å². The van der Waals surface area contributed by atoms with E-state index in [4.69, 9.17) is 11.1 Å². The van der Waals surface area contributed by atoms with E-state index in [1.165, 1.54) is 12.8 Å². The fourth-order valence-corrected chi connectivity index (χ4v) is 2.70. The van der Waals surface area contributed by atoms with E-state index in [-0.39, 0.29) is 5.41 Å². The fourth-order valence-electron chi connectivity index (χ4n) is 1.56. The lowest BCUT2D eigenvalue weighted by Crippen LogP contribution is -2.18. The van der Waals surface area contributed by atoms with Gasteiger partial charge in [-0.3, -0.25) is 10.5 Å². The third kappa shape index (κ3) is 2.71. The molecular formula is C9H15N5S. The Hall–Kier alpha value is -1.04. The highest BCUT2D eigenvalue weighted by atomic mass is 32.2. The average Bonchev–Trinajstić information content (AvgIpc) is 2.77. The van der Waals surface area contributed by atoms with Gasteiger partial charge in [0.25, 0.3) is 0 Å². The van der Waals surface area contributed by atoms with Gasteiger partial charge in [0.2, 0.25) is 5.16 Å². The Morgan fingerprint density at radius 3 is 2.87 bits per heavy atom. The first-order valence-electron chi connectivity index (χ1n) is 4.94. The molecule has 0 radical (unpaired) electrons. The van der Waals surface area contributed by atoms with E-state index < -0.39 is 0 Å². The number of aromatic amines is 1. The smallest absolute Gasteiger partial charge is 0.208 e. The number of nitrogens with zero attached hydrogens (tertiary/aromatic N) is 2. The molecule has 0 spiro atoms. The molecule has 1 aliphatic carbocycles. The third-order valence-electron chi connectivity index (χ3n) is 2.61. The Morgan fingerprint density at radius 1 is 1.67 bits per heavy atom. The van der Waals surface area contributed by atoms with E-state index in [1.54, 1.807) is 11.8 Å². The van der Waals surface area contributed by atoms with Crippen LogP contribution in [0.4, 0.5) is 0 Å². The highest BCUT2D eigenvalue weighted by Gasteiger charge is 2.43. The van der Waals surface area contributed by atoms with Gasteiger partial charge in [0.15, 0.2) is 0 Å². The quantitative estimate of drug-likeness (QED) is 0.400. The largest absolute Gasteiger partial charge is 0.388 e. The molecule has 15 heavy (non-hydrogen) atoms. The summed E-state index contributed by atoms with van der Waals surface area (Å²) in [5.74, 6) is 2.09. The maximum atomic E-state index is 7.31. The van der Waals surface area contributed by atoms with Crippen LogP contribution in [-0.4, -0.2) is 26.8 Å². The molecule has 1 aliphatic rings. The van der Waals surface area contributed by atoms with Crippen molar-refractivity contribution in [3.8, 4) is 0 Å². The summed E-state index contributed by atoms with van der Waals surface area (Å²) in [6.07, 6.45) is 3.05. The molecule has 0 saturated heterocycles. The summed E-state index contributed by atoms with van der Waals surface area (Å²) in [6, 6.07) is 0. The molecule has 1 aromatic heterocycles. The van der Waals surface area contributed by atoms with Crippen LogP contribution in [0.5, 0.6) is 0 Å². The molecule has 5 nitrogen and oxygen atoms in total. The Bertz CT molecular complexity index is 368. The predicted octanol–water partition coefficient (Wildman–Crippen LogP) is 1.31. The summed E-state index contributed by atoms with van der Waals surface area (Å²) < 4.78 is 0. The lowest BCUT2D eigenvalue weighted by atomic mass is 10.1. The minimum atomic E-state index is 0.255. The molecule has 0 bridgehead atoms. The first kappa shape index (κ1) is 10.5. The van der Waals surface area contributed by atoms with Crippen molar-refractivity contribution in [1.82, 2.24) is 15.2 Å². The zero-order valence-electron chi connectivity index (χ0n) is 8.71. The van der Waals surface area contributed by atoms with E-state index in [1.807, 2.05) is 6.92 Å². The maximum Gasteiger partial charge on any atom is 0.208 e. The van der Waals surface area contributed by atoms with E-state index in [0.717, 1.165) is 16.7 Å². The summed E-state index contributed by atoms with van der Waals surface area (Å²) >= 11 is 1.65. The Morgan fingerprint density at radius 2 is 2.40 bits per heavy atom.